The van der Waals surface area contributed by atoms with Crippen molar-refractivity contribution < 1.29 is 23.5 Å². The Kier molecular flexibility index (Phi) is 6.29. The van der Waals surface area contributed by atoms with Gasteiger partial charge < -0.3 is 14.5 Å². The minimum Gasteiger partial charge on any atom is -0.465 e. The highest BCUT2D eigenvalue weighted by molar-refractivity contribution is 5.96. The molecule has 0 aliphatic heterocycles. The zero-order valence-electron chi connectivity index (χ0n) is 19.5. The SMILES string of the molecule is COC(=O)c1ccc2c(=O)[nH]c(COC(=O)c3cn(-c4ccccc4)nc3-c3ccc(F)cc3)nc2c1. The van der Waals surface area contributed by atoms with E-state index < -0.39 is 23.3 Å². The van der Waals surface area contributed by atoms with E-state index in [2.05, 4.69) is 15.1 Å². The molecule has 0 radical (unpaired) electrons. The van der Waals surface area contributed by atoms with Crippen molar-refractivity contribution in [3.05, 3.63) is 112 Å². The van der Waals surface area contributed by atoms with Gasteiger partial charge in [0.15, 0.2) is 0 Å². The van der Waals surface area contributed by atoms with E-state index in [4.69, 9.17) is 9.47 Å². The molecule has 37 heavy (non-hydrogen) atoms. The minimum absolute atomic E-state index is 0.0895. The summed E-state index contributed by atoms with van der Waals surface area (Å²) in [5.74, 6) is -1.61. The summed E-state index contributed by atoms with van der Waals surface area (Å²) in [7, 11) is 1.25. The van der Waals surface area contributed by atoms with Crippen LogP contribution in [-0.2, 0) is 16.1 Å². The Balaban J connectivity index is 1.45. The van der Waals surface area contributed by atoms with E-state index >= 15 is 0 Å². The molecule has 2 heterocycles. The monoisotopic (exact) mass is 498 g/mol. The second-order valence-corrected chi connectivity index (χ2v) is 7.99. The van der Waals surface area contributed by atoms with Gasteiger partial charge in [-0.2, -0.15) is 5.10 Å². The number of esters is 2. The number of carbonyl (C=O) groups excluding carboxylic acids is 2. The maximum absolute atomic E-state index is 13.5. The Morgan fingerprint density at radius 1 is 1.00 bits per heavy atom. The number of fused-ring (bicyclic) bond motifs is 1. The Morgan fingerprint density at radius 3 is 2.49 bits per heavy atom. The number of nitrogens with one attached hydrogen (secondary N) is 1. The summed E-state index contributed by atoms with van der Waals surface area (Å²) >= 11 is 0. The van der Waals surface area contributed by atoms with Crippen LogP contribution in [0.5, 0.6) is 0 Å². The molecule has 3 aromatic carbocycles. The van der Waals surface area contributed by atoms with Gasteiger partial charge in [0.05, 0.1) is 29.3 Å². The van der Waals surface area contributed by atoms with Gasteiger partial charge in [-0.1, -0.05) is 18.2 Å². The van der Waals surface area contributed by atoms with Crippen molar-refractivity contribution in [1.29, 1.82) is 0 Å². The average molecular weight is 498 g/mol. The van der Waals surface area contributed by atoms with Gasteiger partial charge in [0.2, 0.25) is 0 Å². The fraction of sp³-hybridized carbons (Fsp3) is 0.0741. The summed E-state index contributed by atoms with van der Waals surface area (Å²) in [5.41, 5.74) is 1.72. The number of rotatable bonds is 6. The summed E-state index contributed by atoms with van der Waals surface area (Å²) in [4.78, 5) is 44.4. The predicted molar refractivity (Wildman–Crippen MR) is 132 cm³/mol. The number of H-pyrrole nitrogens is 1. The number of benzene rings is 3. The van der Waals surface area contributed by atoms with Crippen LogP contribution in [0, 0.1) is 5.82 Å². The Hall–Kier alpha value is -5.12. The lowest BCUT2D eigenvalue weighted by Crippen LogP contribution is -2.15. The van der Waals surface area contributed by atoms with Crippen molar-refractivity contribution >= 4 is 22.8 Å². The van der Waals surface area contributed by atoms with Crippen LogP contribution in [0.15, 0.2) is 83.8 Å². The summed E-state index contributed by atoms with van der Waals surface area (Å²) in [6.45, 7) is -0.341. The van der Waals surface area contributed by atoms with Crippen molar-refractivity contribution in [3.63, 3.8) is 0 Å². The smallest absolute Gasteiger partial charge is 0.342 e. The van der Waals surface area contributed by atoms with E-state index in [1.807, 2.05) is 30.3 Å². The molecule has 0 aliphatic carbocycles. The lowest BCUT2D eigenvalue weighted by Gasteiger charge is -2.07. The molecule has 0 amide bonds. The van der Waals surface area contributed by atoms with E-state index in [9.17, 15) is 18.8 Å². The highest BCUT2D eigenvalue weighted by Crippen LogP contribution is 2.25. The lowest BCUT2D eigenvalue weighted by atomic mass is 10.1. The molecular formula is C27H19FN4O5. The van der Waals surface area contributed by atoms with Crippen LogP contribution in [0.3, 0.4) is 0 Å². The molecule has 0 atom stereocenters. The van der Waals surface area contributed by atoms with Gasteiger partial charge in [0.1, 0.15) is 29.5 Å². The standard InChI is InChI=1S/C27H19FN4O5/c1-36-26(34)17-9-12-20-22(13-17)29-23(30-25(20)33)15-37-27(35)21-14-32(19-5-3-2-4-6-19)31-24(21)16-7-10-18(28)11-8-16/h2-14H,15H2,1H3,(H,29,30,33). The number of hydrogen-bond donors (Lipinski definition) is 1. The predicted octanol–water partition coefficient (Wildman–Crippen LogP) is 4.06. The Morgan fingerprint density at radius 2 is 1.76 bits per heavy atom. The summed E-state index contributed by atoms with van der Waals surface area (Å²) in [5, 5.41) is 4.79. The van der Waals surface area contributed by atoms with Crippen LogP contribution in [0.1, 0.15) is 26.5 Å². The molecule has 0 spiro atoms. The molecule has 1 N–H and O–H groups in total. The number of carbonyl (C=O) groups is 2. The molecule has 9 nitrogen and oxygen atoms in total. The molecule has 5 aromatic rings. The van der Waals surface area contributed by atoms with Crippen LogP contribution < -0.4 is 5.56 Å². The van der Waals surface area contributed by atoms with Crippen LogP contribution in [0.2, 0.25) is 0 Å². The number of halogens is 1. The van der Waals surface area contributed by atoms with Gasteiger partial charge >= 0.3 is 11.9 Å². The topological polar surface area (TPSA) is 116 Å². The number of ether oxygens (including phenoxy) is 2. The zero-order chi connectivity index (χ0) is 25.9. The first-order chi connectivity index (χ1) is 17.9. The number of nitrogens with zero attached hydrogens (tertiary/aromatic N) is 3. The van der Waals surface area contributed by atoms with E-state index in [-0.39, 0.29) is 34.5 Å². The molecule has 2 aromatic heterocycles. The Bertz CT molecular complexity index is 1680. The molecule has 0 unspecified atom stereocenters. The first-order valence-corrected chi connectivity index (χ1v) is 11.1. The third kappa shape index (κ3) is 4.85. The lowest BCUT2D eigenvalue weighted by molar-refractivity contribution is 0.0463. The number of methoxy groups -OCH3 is 1. The van der Waals surface area contributed by atoms with Crippen molar-refractivity contribution in [2.75, 3.05) is 7.11 Å². The van der Waals surface area contributed by atoms with Crippen molar-refractivity contribution in [1.82, 2.24) is 19.7 Å². The third-order valence-corrected chi connectivity index (χ3v) is 5.59. The van der Waals surface area contributed by atoms with Crippen LogP contribution in [0.25, 0.3) is 27.8 Å². The maximum atomic E-state index is 13.5. The number of para-hydroxylation sites is 1. The molecule has 184 valence electrons. The van der Waals surface area contributed by atoms with Gasteiger partial charge in [-0.25, -0.2) is 23.6 Å². The fourth-order valence-corrected chi connectivity index (χ4v) is 3.77. The average Bonchev–Trinajstić information content (AvgIpc) is 3.37. The first kappa shape index (κ1) is 23.6. The first-order valence-electron chi connectivity index (χ1n) is 11.1. The largest absolute Gasteiger partial charge is 0.465 e. The number of aromatic amines is 1. The molecular weight excluding hydrogens is 479 g/mol. The summed E-state index contributed by atoms with van der Waals surface area (Å²) in [6.07, 6.45) is 1.52. The van der Waals surface area contributed by atoms with E-state index in [0.29, 0.717) is 16.9 Å². The van der Waals surface area contributed by atoms with E-state index in [0.717, 1.165) is 0 Å². The summed E-state index contributed by atoms with van der Waals surface area (Å²) < 4.78 is 25.2. The number of hydrogen-bond acceptors (Lipinski definition) is 7. The molecule has 0 aliphatic rings. The zero-order valence-corrected chi connectivity index (χ0v) is 19.5. The van der Waals surface area contributed by atoms with Crippen LogP contribution >= 0.6 is 0 Å². The fourth-order valence-electron chi connectivity index (χ4n) is 3.77. The van der Waals surface area contributed by atoms with Gasteiger partial charge in [0.25, 0.3) is 5.56 Å². The second-order valence-electron chi connectivity index (χ2n) is 7.99. The van der Waals surface area contributed by atoms with Crippen molar-refractivity contribution in [2.24, 2.45) is 0 Å². The second kappa shape index (κ2) is 9.86. The van der Waals surface area contributed by atoms with Gasteiger partial charge in [0, 0.05) is 11.8 Å². The third-order valence-electron chi connectivity index (χ3n) is 5.59. The molecule has 5 rings (SSSR count). The Labute approximate surface area is 209 Å². The highest BCUT2D eigenvalue weighted by Gasteiger charge is 2.21. The van der Waals surface area contributed by atoms with Gasteiger partial charge in [-0.15, -0.1) is 0 Å². The molecule has 0 fully saturated rings. The van der Waals surface area contributed by atoms with Crippen LogP contribution in [-0.4, -0.2) is 38.8 Å². The molecule has 0 bridgehead atoms. The molecule has 0 saturated heterocycles. The minimum atomic E-state index is -0.715. The normalized spacial score (nSPS) is 10.9. The van der Waals surface area contributed by atoms with E-state index in [1.54, 1.807) is 0 Å². The van der Waals surface area contributed by atoms with E-state index in [1.165, 1.54) is 60.5 Å². The van der Waals surface area contributed by atoms with Gasteiger partial charge in [-0.3, -0.25) is 4.79 Å². The number of aromatic nitrogens is 4. The van der Waals surface area contributed by atoms with Crippen molar-refractivity contribution in [2.45, 2.75) is 6.61 Å². The van der Waals surface area contributed by atoms with Crippen molar-refractivity contribution in [3.8, 4) is 16.9 Å². The molecule has 0 saturated carbocycles. The molecule has 10 heteroatoms. The van der Waals surface area contributed by atoms with Crippen LogP contribution in [0.4, 0.5) is 4.39 Å². The van der Waals surface area contributed by atoms with Gasteiger partial charge in [-0.05, 0) is 54.6 Å². The highest BCUT2D eigenvalue weighted by atomic mass is 19.1. The summed E-state index contributed by atoms with van der Waals surface area (Å²) in [6, 6.07) is 19.1. The maximum Gasteiger partial charge on any atom is 0.342 e. The quantitative estimate of drug-likeness (QED) is 0.351.